The van der Waals surface area contributed by atoms with Gasteiger partial charge in [0.05, 0.1) is 14.2 Å². The van der Waals surface area contributed by atoms with Crippen molar-refractivity contribution < 1.29 is 14.3 Å². The monoisotopic (exact) mass is 292 g/mol. The Morgan fingerprint density at radius 1 is 1.29 bits per heavy atom. The third-order valence-corrected chi connectivity index (χ3v) is 3.85. The number of rotatable bonds is 5. The number of nitrogens with one attached hydrogen (secondary N) is 1. The van der Waals surface area contributed by atoms with Gasteiger partial charge in [-0.3, -0.25) is 4.79 Å². The zero-order valence-electron chi connectivity index (χ0n) is 13.2. The Morgan fingerprint density at radius 3 is 2.52 bits per heavy atom. The molecule has 1 atom stereocenters. The standard InChI is InChI=1S/C16H24N2O3/c1-11(2)18(13-7-8-17-10-13)16(19)12-5-6-14(20-3)15(9-12)21-4/h5-6,9,11,13,17H,7-8,10H2,1-4H3. The Labute approximate surface area is 126 Å². The summed E-state index contributed by atoms with van der Waals surface area (Å²) in [4.78, 5) is 14.8. The molecular weight excluding hydrogens is 268 g/mol. The third-order valence-electron chi connectivity index (χ3n) is 3.85. The summed E-state index contributed by atoms with van der Waals surface area (Å²) in [6, 6.07) is 5.73. The molecule has 1 saturated heterocycles. The number of hydrogen-bond acceptors (Lipinski definition) is 4. The molecule has 0 saturated carbocycles. The second kappa shape index (κ2) is 6.80. The lowest BCUT2D eigenvalue weighted by atomic mass is 10.1. The molecular formula is C16H24N2O3. The number of methoxy groups -OCH3 is 2. The van der Waals surface area contributed by atoms with E-state index in [2.05, 4.69) is 19.2 Å². The van der Waals surface area contributed by atoms with Gasteiger partial charge in [0.15, 0.2) is 11.5 Å². The first-order chi connectivity index (χ1) is 10.1. The maximum atomic E-state index is 12.8. The summed E-state index contributed by atoms with van der Waals surface area (Å²) in [5, 5.41) is 3.32. The molecule has 0 bridgehead atoms. The van der Waals surface area contributed by atoms with Crippen molar-refractivity contribution in [2.75, 3.05) is 27.3 Å². The van der Waals surface area contributed by atoms with Gasteiger partial charge in [0.1, 0.15) is 0 Å². The van der Waals surface area contributed by atoms with Crippen LogP contribution in [-0.4, -0.2) is 50.2 Å². The minimum atomic E-state index is 0.0413. The fourth-order valence-corrected chi connectivity index (χ4v) is 2.82. The van der Waals surface area contributed by atoms with Crippen LogP contribution in [0.4, 0.5) is 0 Å². The van der Waals surface area contributed by atoms with E-state index in [0.717, 1.165) is 19.5 Å². The lowest BCUT2D eigenvalue weighted by molar-refractivity contribution is 0.0626. The van der Waals surface area contributed by atoms with Gasteiger partial charge in [-0.2, -0.15) is 0 Å². The number of amides is 1. The zero-order chi connectivity index (χ0) is 15.4. The first-order valence-electron chi connectivity index (χ1n) is 7.34. The summed E-state index contributed by atoms with van der Waals surface area (Å²) >= 11 is 0. The van der Waals surface area contributed by atoms with Gasteiger partial charge < -0.3 is 19.7 Å². The summed E-state index contributed by atoms with van der Waals surface area (Å²) in [6.45, 7) is 5.93. The first-order valence-corrected chi connectivity index (χ1v) is 7.34. The van der Waals surface area contributed by atoms with E-state index in [1.807, 2.05) is 4.90 Å². The van der Waals surface area contributed by atoms with E-state index in [-0.39, 0.29) is 18.0 Å². The lowest BCUT2D eigenvalue weighted by Gasteiger charge is -2.32. The average molecular weight is 292 g/mol. The molecule has 5 heteroatoms. The van der Waals surface area contributed by atoms with Crippen LogP contribution >= 0.6 is 0 Å². The van der Waals surface area contributed by atoms with Gasteiger partial charge in [0.2, 0.25) is 0 Å². The molecule has 0 spiro atoms. The fourth-order valence-electron chi connectivity index (χ4n) is 2.82. The van der Waals surface area contributed by atoms with E-state index in [1.165, 1.54) is 0 Å². The Bertz CT molecular complexity index is 496. The number of ether oxygens (including phenoxy) is 2. The van der Waals surface area contributed by atoms with Crippen LogP contribution in [0.2, 0.25) is 0 Å². The second-order valence-corrected chi connectivity index (χ2v) is 5.52. The molecule has 1 N–H and O–H groups in total. The SMILES string of the molecule is COc1ccc(C(=O)N(C(C)C)C2CCNC2)cc1OC. The van der Waals surface area contributed by atoms with E-state index in [9.17, 15) is 4.79 Å². The number of carbonyl (C=O) groups excluding carboxylic acids is 1. The third kappa shape index (κ3) is 3.29. The zero-order valence-corrected chi connectivity index (χ0v) is 13.2. The van der Waals surface area contributed by atoms with E-state index in [1.54, 1.807) is 32.4 Å². The Kier molecular flexibility index (Phi) is 5.07. The van der Waals surface area contributed by atoms with Gasteiger partial charge >= 0.3 is 0 Å². The van der Waals surface area contributed by atoms with Crippen LogP contribution in [0.5, 0.6) is 11.5 Å². The maximum absolute atomic E-state index is 12.8. The van der Waals surface area contributed by atoms with Crippen molar-refractivity contribution in [1.82, 2.24) is 10.2 Å². The van der Waals surface area contributed by atoms with Gasteiger partial charge in [-0.25, -0.2) is 0 Å². The number of nitrogens with zero attached hydrogens (tertiary/aromatic N) is 1. The predicted molar refractivity (Wildman–Crippen MR) is 82.1 cm³/mol. The predicted octanol–water partition coefficient (Wildman–Crippen LogP) is 1.92. The van der Waals surface area contributed by atoms with Crippen molar-refractivity contribution in [3.05, 3.63) is 23.8 Å². The van der Waals surface area contributed by atoms with Crippen LogP contribution in [0.15, 0.2) is 18.2 Å². The molecule has 116 valence electrons. The van der Waals surface area contributed by atoms with Crippen LogP contribution in [0.1, 0.15) is 30.6 Å². The highest BCUT2D eigenvalue weighted by Crippen LogP contribution is 2.29. The molecule has 21 heavy (non-hydrogen) atoms. The molecule has 1 unspecified atom stereocenters. The van der Waals surface area contributed by atoms with Crippen LogP contribution in [0.25, 0.3) is 0 Å². The summed E-state index contributed by atoms with van der Waals surface area (Å²) in [7, 11) is 3.16. The smallest absolute Gasteiger partial charge is 0.254 e. The largest absolute Gasteiger partial charge is 0.493 e. The number of carbonyl (C=O) groups is 1. The van der Waals surface area contributed by atoms with Crippen LogP contribution in [0, 0.1) is 0 Å². The Morgan fingerprint density at radius 2 is 2.00 bits per heavy atom. The van der Waals surface area contributed by atoms with Gasteiger partial charge in [0.25, 0.3) is 5.91 Å². The maximum Gasteiger partial charge on any atom is 0.254 e. The normalized spacial score (nSPS) is 17.9. The lowest BCUT2D eigenvalue weighted by Crippen LogP contribution is -2.45. The van der Waals surface area contributed by atoms with Crippen LogP contribution < -0.4 is 14.8 Å². The Balaban J connectivity index is 2.28. The van der Waals surface area contributed by atoms with E-state index in [4.69, 9.17) is 9.47 Å². The molecule has 0 aromatic heterocycles. The molecule has 0 aliphatic carbocycles. The minimum Gasteiger partial charge on any atom is -0.493 e. The summed E-state index contributed by atoms with van der Waals surface area (Å²) < 4.78 is 10.5. The first kappa shape index (κ1) is 15.6. The summed E-state index contributed by atoms with van der Waals surface area (Å²) in [5.74, 6) is 1.25. The molecule has 5 nitrogen and oxygen atoms in total. The van der Waals surface area contributed by atoms with Crippen LogP contribution in [-0.2, 0) is 0 Å². The van der Waals surface area contributed by atoms with Crippen molar-refractivity contribution >= 4 is 5.91 Å². The average Bonchev–Trinajstić information content (AvgIpc) is 3.00. The molecule has 1 heterocycles. The minimum absolute atomic E-state index is 0.0413. The quantitative estimate of drug-likeness (QED) is 0.901. The molecule has 1 aliphatic heterocycles. The van der Waals surface area contributed by atoms with Crippen molar-refractivity contribution in [2.24, 2.45) is 0 Å². The molecule has 1 aliphatic rings. The highest BCUT2D eigenvalue weighted by molar-refractivity contribution is 5.95. The highest BCUT2D eigenvalue weighted by atomic mass is 16.5. The summed E-state index contributed by atoms with van der Waals surface area (Å²) in [5.41, 5.74) is 0.633. The number of hydrogen-bond donors (Lipinski definition) is 1. The molecule has 0 radical (unpaired) electrons. The second-order valence-electron chi connectivity index (χ2n) is 5.52. The van der Waals surface area contributed by atoms with E-state index >= 15 is 0 Å². The topological polar surface area (TPSA) is 50.8 Å². The van der Waals surface area contributed by atoms with Gasteiger partial charge in [-0.15, -0.1) is 0 Å². The van der Waals surface area contributed by atoms with E-state index < -0.39 is 0 Å². The van der Waals surface area contributed by atoms with Crippen molar-refractivity contribution in [3.63, 3.8) is 0 Å². The molecule has 1 fully saturated rings. The van der Waals surface area contributed by atoms with Crippen molar-refractivity contribution in [1.29, 1.82) is 0 Å². The van der Waals surface area contributed by atoms with Gasteiger partial charge in [0, 0.05) is 24.2 Å². The van der Waals surface area contributed by atoms with Crippen molar-refractivity contribution in [2.45, 2.75) is 32.4 Å². The van der Waals surface area contributed by atoms with Crippen molar-refractivity contribution in [3.8, 4) is 11.5 Å². The molecule has 2 rings (SSSR count). The van der Waals surface area contributed by atoms with Gasteiger partial charge in [-0.1, -0.05) is 0 Å². The highest BCUT2D eigenvalue weighted by Gasteiger charge is 2.29. The fraction of sp³-hybridized carbons (Fsp3) is 0.562. The number of benzene rings is 1. The molecule has 1 aromatic rings. The Hall–Kier alpha value is -1.75. The van der Waals surface area contributed by atoms with E-state index in [0.29, 0.717) is 17.1 Å². The van der Waals surface area contributed by atoms with Crippen LogP contribution in [0.3, 0.4) is 0 Å². The molecule has 1 aromatic carbocycles. The molecule has 1 amide bonds. The summed E-state index contributed by atoms with van der Waals surface area (Å²) in [6.07, 6.45) is 0.997. The van der Waals surface area contributed by atoms with Gasteiger partial charge in [-0.05, 0) is 45.0 Å².